The second-order valence-electron chi connectivity index (χ2n) is 4.69. The minimum Gasteiger partial charge on any atom is -0.488 e. The topological polar surface area (TPSA) is 41.5 Å². The molecular formula is C14H21NO2. The van der Waals surface area contributed by atoms with Crippen molar-refractivity contribution in [1.82, 2.24) is 5.32 Å². The number of hydrogen-bond acceptors (Lipinski definition) is 3. The number of aliphatic hydroxyl groups is 1. The van der Waals surface area contributed by atoms with E-state index in [1.165, 1.54) is 5.56 Å². The Morgan fingerprint density at radius 2 is 2.18 bits per heavy atom. The third-order valence-electron chi connectivity index (χ3n) is 3.23. The molecule has 1 aliphatic rings. The van der Waals surface area contributed by atoms with Crippen LogP contribution < -0.4 is 10.1 Å². The number of nitrogens with one attached hydrogen (secondary N) is 1. The molecule has 0 aromatic heterocycles. The highest BCUT2D eigenvalue weighted by atomic mass is 16.5. The number of ether oxygens (including phenoxy) is 1. The molecule has 0 bridgehead atoms. The first-order valence-corrected chi connectivity index (χ1v) is 6.38. The van der Waals surface area contributed by atoms with Crippen LogP contribution in [0.1, 0.15) is 31.2 Å². The third-order valence-corrected chi connectivity index (χ3v) is 3.23. The Kier molecular flexibility index (Phi) is 4.40. The minimum atomic E-state index is -0.309. The van der Waals surface area contributed by atoms with E-state index in [-0.39, 0.29) is 12.2 Å². The van der Waals surface area contributed by atoms with Crippen LogP contribution in [0.5, 0.6) is 5.75 Å². The van der Waals surface area contributed by atoms with Gasteiger partial charge >= 0.3 is 0 Å². The summed E-state index contributed by atoms with van der Waals surface area (Å²) >= 11 is 0. The van der Waals surface area contributed by atoms with Crippen molar-refractivity contribution >= 4 is 0 Å². The molecule has 0 radical (unpaired) electrons. The van der Waals surface area contributed by atoms with Crippen LogP contribution in [0.3, 0.4) is 0 Å². The Hall–Kier alpha value is -1.06. The highest BCUT2D eigenvalue weighted by Gasteiger charge is 2.24. The molecule has 3 heteroatoms. The molecule has 94 valence electrons. The Morgan fingerprint density at radius 3 is 2.94 bits per heavy atom. The fourth-order valence-electron chi connectivity index (χ4n) is 2.32. The summed E-state index contributed by atoms with van der Waals surface area (Å²) in [7, 11) is 1.93. The Morgan fingerprint density at radius 1 is 1.35 bits per heavy atom. The largest absolute Gasteiger partial charge is 0.488 e. The van der Waals surface area contributed by atoms with E-state index in [4.69, 9.17) is 4.74 Å². The van der Waals surface area contributed by atoms with Crippen LogP contribution >= 0.6 is 0 Å². The van der Waals surface area contributed by atoms with Crippen molar-refractivity contribution in [3.63, 3.8) is 0 Å². The van der Waals surface area contributed by atoms with Gasteiger partial charge in [-0.1, -0.05) is 18.6 Å². The molecule has 0 amide bonds. The molecule has 2 N–H and O–H groups in total. The van der Waals surface area contributed by atoms with Crippen LogP contribution in [0.4, 0.5) is 0 Å². The zero-order valence-electron chi connectivity index (χ0n) is 10.4. The quantitative estimate of drug-likeness (QED) is 0.839. The monoisotopic (exact) mass is 235 g/mol. The van der Waals surface area contributed by atoms with E-state index in [0.29, 0.717) is 0 Å². The lowest BCUT2D eigenvalue weighted by atomic mass is 9.95. The van der Waals surface area contributed by atoms with Crippen molar-refractivity contribution in [3.8, 4) is 5.75 Å². The summed E-state index contributed by atoms with van der Waals surface area (Å²) in [6.07, 6.45) is 3.74. The highest BCUT2D eigenvalue weighted by Crippen LogP contribution is 2.24. The average molecular weight is 235 g/mol. The van der Waals surface area contributed by atoms with Gasteiger partial charge in [0.2, 0.25) is 0 Å². The molecule has 1 aliphatic carbocycles. The van der Waals surface area contributed by atoms with Crippen molar-refractivity contribution in [3.05, 3.63) is 29.8 Å². The van der Waals surface area contributed by atoms with Crippen LogP contribution in [0, 0.1) is 0 Å². The van der Waals surface area contributed by atoms with E-state index in [0.717, 1.165) is 38.0 Å². The second kappa shape index (κ2) is 6.03. The maximum Gasteiger partial charge on any atom is 0.124 e. The molecule has 1 saturated carbocycles. The molecule has 3 nitrogen and oxygen atoms in total. The van der Waals surface area contributed by atoms with Crippen LogP contribution in [0.25, 0.3) is 0 Å². The summed E-state index contributed by atoms with van der Waals surface area (Å²) in [5, 5.41) is 13.0. The molecule has 17 heavy (non-hydrogen) atoms. The van der Waals surface area contributed by atoms with Gasteiger partial charge in [0.1, 0.15) is 11.9 Å². The van der Waals surface area contributed by atoms with E-state index in [1.54, 1.807) is 0 Å². The van der Waals surface area contributed by atoms with Crippen molar-refractivity contribution in [1.29, 1.82) is 0 Å². The first-order chi connectivity index (χ1) is 8.29. The fraction of sp³-hybridized carbons (Fsp3) is 0.571. The number of benzene rings is 1. The van der Waals surface area contributed by atoms with Gasteiger partial charge in [-0.05, 0) is 44.0 Å². The molecule has 0 aliphatic heterocycles. The number of aliphatic hydroxyl groups excluding tert-OH is 1. The SMILES string of the molecule is CNCc1cccc(OC2CCCCC2O)c1. The van der Waals surface area contributed by atoms with Crippen LogP contribution in [0.15, 0.2) is 24.3 Å². The Balaban J connectivity index is 1.99. The molecule has 1 aromatic carbocycles. The van der Waals surface area contributed by atoms with Crippen LogP contribution in [-0.2, 0) is 6.54 Å². The predicted molar refractivity (Wildman–Crippen MR) is 68.1 cm³/mol. The van der Waals surface area contributed by atoms with E-state index < -0.39 is 0 Å². The zero-order chi connectivity index (χ0) is 12.1. The summed E-state index contributed by atoms with van der Waals surface area (Å²) < 4.78 is 5.88. The van der Waals surface area contributed by atoms with Crippen molar-refractivity contribution < 1.29 is 9.84 Å². The molecular weight excluding hydrogens is 214 g/mol. The molecule has 2 rings (SSSR count). The van der Waals surface area contributed by atoms with E-state index >= 15 is 0 Å². The summed E-state index contributed by atoms with van der Waals surface area (Å²) in [5.41, 5.74) is 1.20. The fourth-order valence-corrected chi connectivity index (χ4v) is 2.32. The van der Waals surface area contributed by atoms with Crippen molar-refractivity contribution in [2.24, 2.45) is 0 Å². The Labute approximate surface area is 103 Å². The molecule has 0 spiro atoms. The lowest BCUT2D eigenvalue weighted by molar-refractivity contribution is 0.00684. The van der Waals surface area contributed by atoms with Crippen LogP contribution in [-0.4, -0.2) is 24.4 Å². The molecule has 1 fully saturated rings. The summed E-state index contributed by atoms with van der Waals surface area (Å²) in [4.78, 5) is 0. The molecule has 1 aromatic rings. The van der Waals surface area contributed by atoms with Gasteiger partial charge in [-0.25, -0.2) is 0 Å². The smallest absolute Gasteiger partial charge is 0.124 e. The van der Waals surface area contributed by atoms with Crippen LogP contribution in [0.2, 0.25) is 0 Å². The second-order valence-corrected chi connectivity index (χ2v) is 4.69. The van der Waals surface area contributed by atoms with Gasteiger partial charge in [0, 0.05) is 6.54 Å². The van der Waals surface area contributed by atoms with Gasteiger partial charge < -0.3 is 15.2 Å². The van der Waals surface area contributed by atoms with Crippen molar-refractivity contribution in [2.75, 3.05) is 7.05 Å². The lowest BCUT2D eigenvalue weighted by Crippen LogP contribution is -2.34. The summed E-state index contributed by atoms with van der Waals surface area (Å²) in [6, 6.07) is 8.07. The predicted octanol–water partition coefficient (Wildman–Crippen LogP) is 2.09. The van der Waals surface area contributed by atoms with Gasteiger partial charge in [0.15, 0.2) is 0 Å². The van der Waals surface area contributed by atoms with Gasteiger partial charge in [-0.15, -0.1) is 0 Å². The molecule has 0 saturated heterocycles. The van der Waals surface area contributed by atoms with E-state index in [1.807, 2.05) is 25.2 Å². The molecule has 2 unspecified atom stereocenters. The average Bonchev–Trinajstić information content (AvgIpc) is 2.33. The maximum atomic E-state index is 9.87. The molecule has 0 heterocycles. The van der Waals surface area contributed by atoms with E-state index in [9.17, 15) is 5.11 Å². The van der Waals surface area contributed by atoms with Gasteiger partial charge in [0.25, 0.3) is 0 Å². The maximum absolute atomic E-state index is 9.87. The normalized spacial score (nSPS) is 24.6. The lowest BCUT2D eigenvalue weighted by Gasteiger charge is -2.28. The Bertz CT molecular complexity index is 354. The van der Waals surface area contributed by atoms with Gasteiger partial charge in [-0.3, -0.25) is 0 Å². The third kappa shape index (κ3) is 3.45. The standard InChI is InChI=1S/C14H21NO2/c1-15-10-11-5-4-6-12(9-11)17-14-8-3-2-7-13(14)16/h4-6,9,13-16H,2-3,7-8,10H2,1H3. The first kappa shape index (κ1) is 12.4. The van der Waals surface area contributed by atoms with E-state index in [2.05, 4.69) is 11.4 Å². The van der Waals surface area contributed by atoms with Gasteiger partial charge in [0.05, 0.1) is 6.10 Å². The molecule has 2 atom stereocenters. The number of rotatable bonds is 4. The number of hydrogen-bond donors (Lipinski definition) is 2. The van der Waals surface area contributed by atoms with Gasteiger partial charge in [-0.2, -0.15) is 0 Å². The minimum absolute atomic E-state index is 0.0337. The summed E-state index contributed by atoms with van der Waals surface area (Å²) in [6.45, 7) is 0.838. The summed E-state index contributed by atoms with van der Waals surface area (Å²) in [5.74, 6) is 0.865. The first-order valence-electron chi connectivity index (χ1n) is 6.38. The van der Waals surface area contributed by atoms with Crippen molar-refractivity contribution in [2.45, 2.75) is 44.4 Å². The zero-order valence-corrected chi connectivity index (χ0v) is 10.4. The highest BCUT2D eigenvalue weighted by molar-refractivity contribution is 5.28.